The molecule has 0 saturated carbocycles. The van der Waals surface area contributed by atoms with Crippen molar-refractivity contribution in [3.8, 4) is 5.75 Å². The van der Waals surface area contributed by atoms with E-state index in [1.807, 2.05) is 29.6 Å². The van der Waals surface area contributed by atoms with Crippen LogP contribution in [-0.4, -0.2) is 26.0 Å². The van der Waals surface area contributed by atoms with Crippen LogP contribution < -0.4 is 10.1 Å². The van der Waals surface area contributed by atoms with E-state index in [0.717, 1.165) is 24.6 Å². The molecule has 1 N–H and O–H groups in total. The van der Waals surface area contributed by atoms with Crippen LogP contribution in [0.25, 0.3) is 11.0 Å². The minimum atomic E-state index is 0.910. The van der Waals surface area contributed by atoms with Gasteiger partial charge in [0.25, 0.3) is 0 Å². The zero-order chi connectivity index (χ0) is 16.1. The minimum Gasteiger partial charge on any atom is -0.497 e. The topological polar surface area (TPSA) is 21.3 Å². The highest BCUT2D eigenvalue weighted by Gasteiger charge is 2.16. The van der Waals surface area contributed by atoms with Crippen molar-refractivity contribution in [3.05, 3.63) is 53.6 Å². The predicted molar refractivity (Wildman–Crippen MR) is 102 cm³/mol. The molecular formula is C19H21NOS2. The second kappa shape index (κ2) is 7.95. The molecule has 2 aromatic carbocycles. The third-order valence-corrected chi connectivity index (χ3v) is 5.87. The summed E-state index contributed by atoms with van der Waals surface area (Å²) in [6.07, 6.45) is 2.32. The smallest absolute Gasteiger partial charge is 0.120 e. The highest BCUT2D eigenvalue weighted by atomic mass is 32.2. The molecule has 23 heavy (non-hydrogen) atoms. The fourth-order valence-electron chi connectivity index (χ4n) is 2.48. The van der Waals surface area contributed by atoms with Gasteiger partial charge in [0.2, 0.25) is 0 Å². The third kappa shape index (κ3) is 3.94. The summed E-state index contributed by atoms with van der Waals surface area (Å²) in [5.74, 6) is 1.98. The third-order valence-electron chi connectivity index (χ3n) is 3.67. The molecule has 1 aliphatic heterocycles. The molecule has 0 radical (unpaired) electrons. The summed E-state index contributed by atoms with van der Waals surface area (Å²) in [5.41, 5.74) is 2.59. The molecule has 1 aliphatic rings. The molecule has 2 aromatic rings. The van der Waals surface area contributed by atoms with Gasteiger partial charge in [0.05, 0.1) is 7.11 Å². The summed E-state index contributed by atoms with van der Waals surface area (Å²) in [6, 6.07) is 15.0. The average Bonchev–Trinajstić information content (AvgIpc) is 2.74. The lowest BCUT2D eigenvalue weighted by Crippen LogP contribution is -2.15. The van der Waals surface area contributed by atoms with E-state index in [2.05, 4.69) is 54.7 Å². The van der Waals surface area contributed by atoms with Crippen molar-refractivity contribution < 1.29 is 4.74 Å². The molecular weight excluding hydrogens is 322 g/mol. The van der Waals surface area contributed by atoms with Gasteiger partial charge in [-0.2, -0.15) is 0 Å². The van der Waals surface area contributed by atoms with Crippen molar-refractivity contribution in [1.29, 1.82) is 0 Å². The van der Waals surface area contributed by atoms with Crippen LogP contribution in [0.4, 0.5) is 0 Å². The SMILES string of the molecule is CCNCCSC1=Cc2ccccc2Sc2cc(OC)ccc21. The normalized spacial score (nSPS) is 12.9. The van der Waals surface area contributed by atoms with E-state index in [-0.39, 0.29) is 0 Å². The van der Waals surface area contributed by atoms with Gasteiger partial charge in [-0.25, -0.2) is 0 Å². The number of methoxy groups -OCH3 is 1. The Morgan fingerprint density at radius 1 is 1.13 bits per heavy atom. The molecule has 3 rings (SSSR count). The summed E-state index contributed by atoms with van der Waals surface area (Å²) in [4.78, 5) is 3.89. The van der Waals surface area contributed by atoms with E-state index in [0.29, 0.717) is 0 Å². The maximum Gasteiger partial charge on any atom is 0.120 e. The largest absolute Gasteiger partial charge is 0.497 e. The van der Waals surface area contributed by atoms with E-state index in [1.165, 1.54) is 25.8 Å². The van der Waals surface area contributed by atoms with Gasteiger partial charge in [-0.3, -0.25) is 0 Å². The first kappa shape index (κ1) is 16.5. The maximum absolute atomic E-state index is 5.41. The van der Waals surface area contributed by atoms with E-state index < -0.39 is 0 Å². The number of benzene rings is 2. The number of rotatable bonds is 6. The first-order chi connectivity index (χ1) is 11.3. The summed E-state index contributed by atoms with van der Waals surface area (Å²) >= 11 is 3.73. The molecule has 0 unspecified atom stereocenters. The van der Waals surface area contributed by atoms with Crippen molar-refractivity contribution in [2.45, 2.75) is 16.7 Å². The molecule has 0 bridgehead atoms. The molecule has 120 valence electrons. The highest BCUT2D eigenvalue weighted by molar-refractivity contribution is 8.08. The van der Waals surface area contributed by atoms with Crippen LogP contribution in [0.3, 0.4) is 0 Å². The maximum atomic E-state index is 5.41. The molecule has 0 amide bonds. The number of hydrogen-bond donors (Lipinski definition) is 1. The quantitative estimate of drug-likeness (QED) is 0.745. The Balaban J connectivity index is 1.96. The number of fused-ring (bicyclic) bond motifs is 2. The Bertz CT molecular complexity index is 712. The second-order valence-electron chi connectivity index (χ2n) is 5.21. The molecule has 1 heterocycles. The predicted octanol–water partition coefficient (Wildman–Crippen LogP) is 5.00. The van der Waals surface area contributed by atoms with Crippen LogP contribution in [0.15, 0.2) is 52.3 Å². The minimum absolute atomic E-state index is 0.910. The molecule has 0 fully saturated rings. The van der Waals surface area contributed by atoms with E-state index in [1.54, 1.807) is 7.11 Å². The molecule has 2 nitrogen and oxygen atoms in total. The second-order valence-corrected chi connectivity index (χ2v) is 7.43. The zero-order valence-corrected chi connectivity index (χ0v) is 15.1. The van der Waals surface area contributed by atoms with Gasteiger partial charge in [-0.05, 0) is 42.4 Å². The molecule has 0 aromatic heterocycles. The molecule has 0 saturated heterocycles. The van der Waals surface area contributed by atoms with E-state index in [9.17, 15) is 0 Å². The van der Waals surface area contributed by atoms with Crippen molar-refractivity contribution in [2.24, 2.45) is 0 Å². The Labute approximate surface area is 146 Å². The van der Waals surface area contributed by atoms with Gasteiger partial charge in [-0.1, -0.05) is 36.9 Å². The van der Waals surface area contributed by atoms with Crippen LogP contribution in [0.1, 0.15) is 18.1 Å². The number of nitrogens with one attached hydrogen (secondary N) is 1. The molecule has 4 heteroatoms. The summed E-state index contributed by atoms with van der Waals surface area (Å²) in [6.45, 7) is 4.19. The van der Waals surface area contributed by atoms with Crippen LogP contribution >= 0.6 is 23.5 Å². The molecule has 0 aliphatic carbocycles. The van der Waals surface area contributed by atoms with Crippen molar-refractivity contribution >= 4 is 34.5 Å². The Morgan fingerprint density at radius 3 is 2.83 bits per heavy atom. The number of hydrogen-bond acceptors (Lipinski definition) is 4. The first-order valence-corrected chi connectivity index (χ1v) is 9.62. The zero-order valence-electron chi connectivity index (χ0n) is 13.5. The van der Waals surface area contributed by atoms with Gasteiger partial charge in [0, 0.05) is 32.6 Å². The van der Waals surface area contributed by atoms with Gasteiger partial charge in [-0.15, -0.1) is 11.8 Å². The van der Waals surface area contributed by atoms with Crippen molar-refractivity contribution in [1.82, 2.24) is 5.32 Å². The van der Waals surface area contributed by atoms with E-state index in [4.69, 9.17) is 4.74 Å². The van der Waals surface area contributed by atoms with Gasteiger partial charge in [0.1, 0.15) is 5.75 Å². The van der Waals surface area contributed by atoms with E-state index >= 15 is 0 Å². The molecule has 0 spiro atoms. The van der Waals surface area contributed by atoms with Crippen molar-refractivity contribution in [2.75, 3.05) is 26.0 Å². The van der Waals surface area contributed by atoms with Gasteiger partial charge in [0.15, 0.2) is 0 Å². The summed E-state index contributed by atoms with van der Waals surface area (Å²) in [5, 5.41) is 3.39. The van der Waals surface area contributed by atoms with Crippen LogP contribution in [0.2, 0.25) is 0 Å². The Hall–Kier alpha value is -1.36. The molecule has 0 atom stereocenters. The lowest BCUT2D eigenvalue weighted by atomic mass is 10.1. The van der Waals surface area contributed by atoms with Crippen LogP contribution in [-0.2, 0) is 0 Å². The highest BCUT2D eigenvalue weighted by Crippen LogP contribution is 2.45. The Morgan fingerprint density at radius 2 is 2.00 bits per heavy atom. The number of ether oxygens (including phenoxy) is 1. The average molecular weight is 344 g/mol. The fraction of sp³-hybridized carbons (Fsp3) is 0.263. The number of thioether (sulfide) groups is 1. The standard InChI is InChI=1S/C19H21NOS2/c1-3-20-10-11-22-18-12-14-6-4-5-7-17(14)23-19-13-15(21-2)8-9-16(18)19/h4-9,12-13,20H,3,10-11H2,1-2H3. The fourth-order valence-corrected chi connectivity index (χ4v) is 4.64. The Kier molecular flexibility index (Phi) is 5.70. The monoisotopic (exact) mass is 343 g/mol. The van der Waals surface area contributed by atoms with Crippen LogP contribution in [0, 0.1) is 0 Å². The lowest BCUT2D eigenvalue weighted by Gasteiger charge is -2.12. The van der Waals surface area contributed by atoms with Gasteiger partial charge < -0.3 is 10.1 Å². The van der Waals surface area contributed by atoms with Crippen molar-refractivity contribution in [3.63, 3.8) is 0 Å². The lowest BCUT2D eigenvalue weighted by molar-refractivity contribution is 0.413. The summed E-state index contributed by atoms with van der Waals surface area (Å²) < 4.78 is 5.41. The van der Waals surface area contributed by atoms with Crippen LogP contribution in [0.5, 0.6) is 5.75 Å². The van der Waals surface area contributed by atoms with Gasteiger partial charge >= 0.3 is 0 Å². The summed E-state index contributed by atoms with van der Waals surface area (Å²) in [7, 11) is 1.72. The first-order valence-electron chi connectivity index (χ1n) is 7.82.